The molecule has 0 saturated carbocycles. The highest BCUT2D eigenvalue weighted by Crippen LogP contribution is 2.23. The highest BCUT2D eigenvalue weighted by molar-refractivity contribution is 7.89. The molecule has 1 amide bonds. The summed E-state index contributed by atoms with van der Waals surface area (Å²) in [6.07, 6.45) is 0.390. The molecule has 6 nitrogen and oxygen atoms in total. The fraction of sp³-hybridized carbons (Fsp3) is 0.435. The molecule has 3 unspecified atom stereocenters. The summed E-state index contributed by atoms with van der Waals surface area (Å²) < 4.78 is 33.3. The zero-order chi connectivity index (χ0) is 21.9. The smallest absolute Gasteiger partial charge is 0.251 e. The Labute approximate surface area is 179 Å². The van der Waals surface area contributed by atoms with Gasteiger partial charge in [-0.15, -0.1) is 0 Å². The second-order valence-electron chi connectivity index (χ2n) is 7.95. The van der Waals surface area contributed by atoms with Gasteiger partial charge in [-0.25, -0.2) is 8.42 Å². The van der Waals surface area contributed by atoms with Gasteiger partial charge in [0, 0.05) is 18.7 Å². The van der Waals surface area contributed by atoms with Gasteiger partial charge >= 0.3 is 0 Å². The zero-order valence-electron chi connectivity index (χ0n) is 18.0. The van der Waals surface area contributed by atoms with Crippen molar-refractivity contribution in [3.05, 3.63) is 65.2 Å². The van der Waals surface area contributed by atoms with E-state index in [1.807, 2.05) is 52.0 Å². The second-order valence-corrected chi connectivity index (χ2v) is 9.89. The molecule has 1 saturated heterocycles. The average Bonchev–Trinajstić information content (AvgIpc) is 2.72. The Morgan fingerprint density at radius 2 is 1.77 bits per heavy atom. The molecule has 7 heteroatoms. The molecule has 1 aliphatic heterocycles. The van der Waals surface area contributed by atoms with Crippen LogP contribution < -0.4 is 5.32 Å². The number of nitrogens with zero attached hydrogens (tertiary/aromatic N) is 1. The van der Waals surface area contributed by atoms with Gasteiger partial charge < -0.3 is 10.1 Å². The molecule has 1 heterocycles. The summed E-state index contributed by atoms with van der Waals surface area (Å²) in [4.78, 5) is 13.0. The van der Waals surface area contributed by atoms with Crippen LogP contribution in [0.5, 0.6) is 0 Å². The minimum Gasteiger partial charge on any atom is -0.373 e. The number of carbonyl (C=O) groups is 1. The van der Waals surface area contributed by atoms with E-state index >= 15 is 0 Å². The minimum absolute atomic E-state index is 0.125. The quantitative estimate of drug-likeness (QED) is 0.759. The van der Waals surface area contributed by atoms with Gasteiger partial charge in [0.25, 0.3) is 5.91 Å². The van der Waals surface area contributed by atoms with Crippen LogP contribution in [0.4, 0.5) is 0 Å². The molecule has 0 aliphatic carbocycles. The maximum atomic E-state index is 13.1. The summed E-state index contributed by atoms with van der Waals surface area (Å²) in [5.74, 6) is -0.289. The number of hydrogen-bond donors (Lipinski definition) is 1. The lowest BCUT2D eigenvalue weighted by atomic mass is 10.0. The SMILES string of the molecule is CCC(NC(=O)c1cccc(S(=O)(=O)N2CC(C)OC(C)C2)c1)c1ccc(C)cc1. The van der Waals surface area contributed by atoms with Crippen molar-refractivity contribution in [2.45, 2.75) is 57.3 Å². The van der Waals surface area contributed by atoms with Gasteiger partial charge in [0.15, 0.2) is 0 Å². The van der Waals surface area contributed by atoms with Gasteiger partial charge in [-0.1, -0.05) is 42.8 Å². The van der Waals surface area contributed by atoms with Gasteiger partial charge in [-0.05, 0) is 51.0 Å². The van der Waals surface area contributed by atoms with Gasteiger partial charge in [-0.2, -0.15) is 4.31 Å². The lowest BCUT2D eigenvalue weighted by Crippen LogP contribution is -2.48. The highest BCUT2D eigenvalue weighted by Gasteiger charge is 2.32. The van der Waals surface area contributed by atoms with E-state index in [0.29, 0.717) is 18.7 Å². The van der Waals surface area contributed by atoms with Crippen molar-refractivity contribution in [2.75, 3.05) is 13.1 Å². The van der Waals surface area contributed by atoms with Crippen molar-refractivity contribution in [2.24, 2.45) is 0 Å². The predicted molar refractivity (Wildman–Crippen MR) is 117 cm³/mol. The van der Waals surface area contributed by atoms with Crippen LogP contribution in [0, 0.1) is 6.92 Å². The number of benzene rings is 2. The van der Waals surface area contributed by atoms with Crippen LogP contribution in [0.3, 0.4) is 0 Å². The van der Waals surface area contributed by atoms with Gasteiger partial charge in [0.1, 0.15) is 0 Å². The summed E-state index contributed by atoms with van der Waals surface area (Å²) in [7, 11) is -3.70. The van der Waals surface area contributed by atoms with Gasteiger partial charge in [0.2, 0.25) is 10.0 Å². The third kappa shape index (κ3) is 5.09. The summed E-state index contributed by atoms with van der Waals surface area (Å²) in [6, 6.07) is 14.1. The number of morpholine rings is 1. The van der Waals surface area contributed by atoms with Crippen molar-refractivity contribution < 1.29 is 17.9 Å². The third-order valence-electron chi connectivity index (χ3n) is 5.31. The number of hydrogen-bond acceptors (Lipinski definition) is 4. The average molecular weight is 431 g/mol. The molecule has 0 aromatic heterocycles. The number of sulfonamides is 1. The first kappa shape index (κ1) is 22.5. The molecule has 1 N–H and O–H groups in total. The van der Waals surface area contributed by atoms with Crippen molar-refractivity contribution in [3.8, 4) is 0 Å². The first-order valence-electron chi connectivity index (χ1n) is 10.3. The van der Waals surface area contributed by atoms with E-state index in [4.69, 9.17) is 4.74 Å². The number of ether oxygens (including phenoxy) is 1. The zero-order valence-corrected chi connectivity index (χ0v) is 18.8. The molecule has 2 aromatic carbocycles. The lowest BCUT2D eigenvalue weighted by Gasteiger charge is -2.34. The van der Waals surface area contributed by atoms with Crippen LogP contribution >= 0.6 is 0 Å². The number of nitrogens with one attached hydrogen (secondary N) is 1. The van der Waals surface area contributed by atoms with E-state index in [2.05, 4.69) is 5.32 Å². The van der Waals surface area contributed by atoms with E-state index in [9.17, 15) is 13.2 Å². The van der Waals surface area contributed by atoms with E-state index in [0.717, 1.165) is 17.5 Å². The molecule has 162 valence electrons. The monoisotopic (exact) mass is 430 g/mol. The van der Waals surface area contributed by atoms with E-state index < -0.39 is 10.0 Å². The molecule has 1 fully saturated rings. The number of carbonyl (C=O) groups excluding carboxylic acids is 1. The summed E-state index contributed by atoms with van der Waals surface area (Å²) in [5, 5.41) is 3.02. The Bertz CT molecular complexity index is 979. The van der Waals surface area contributed by atoms with Crippen molar-refractivity contribution in [3.63, 3.8) is 0 Å². The molecular formula is C23H30N2O4S. The van der Waals surface area contributed by atoms with Crippen LogP contribution in [0.1, 0.15) is 54.7 Å². The van der Waals surface area contributed by atoms with E-state index in [1.54, 1.807) is 12.1 Å². The second kappa shape index (κ2) is 9.29. The highest BCUT2D eigenvalue weighted by atomic mass is 32.2. The Kier molecular flexibility index (Phi) is 6.95. The predicted octanol–water partition coefficient (Wildman–Crippen LogP) is 3.67. The number of rotatable bonds is 6. The Balaban J connectivity index is 1.80. The van der Waals surface area contributed by atoms with Crippen molar-refractivity contribution in [1.82, 2.24) is 9.62 Å². The van der Waals surface area contributed by atoms with Gasteiger partial charge in [0.05, 0.1) is 23.1 Å². The molecular weight excluding hydrogens is 400 g/mol. The Morgan fingerprint density at radius 3 is 2.37 bits per heavy atom. The third-order valence-corrected chi connectivity index (χ3v) is 7.14. The summed E-state index contributed by atoms with van der Waals surface area (Å²) >= 11 is 0. The lowest BCUT2D eigenvalue weighted by molar-refractivity contribution is -0.0440. The molecule has 2 aromatic rings. The molecule has 0 spiro atoms. The van der Waals surface area contributed by atoms with Crippen LogP contribution in [0.2, 0.25) is 0 Å². The van der Waals surface area contributed by atoms with E-state index in [1.165, 1.54) is 16.4 Å². The molecule has 0 bridgehead atoms. The number of aryl methyl sites for hydroxylation is 1. The van der Waals surface area contributed by atoms with Crippen LogP contribution in [-0.2, 0) is 14.8 Å². The molecule has 1 aliphatic rings. The maximum Gasteiger partial charge on any atom is 0.251 e. The Hall–Kier alpha value is -2.22. The topological polar surface area (TPSA) is 75.7 Å². The summed E-state index contributed by atoms with van der Waals surface area (Å²) in [5.41, 5.74) is 2.51. The molecule has 3 rings (SSSR count). The van der Waals surface area contributed by atoms with Crippen LogP contribution in [0.25, 0.3) is 0 Å². The van der Waals surface area contributed by atoms with E-state index in [-0.39, 0.29) is 29.1 Å². The number of amides is 1. The molecule has 0 radical (unpaired) electrons. The normalized spacial score (nSPS) is 21.2. The minimum atomic E-state index is -3.70. The standard InChI is InChI=1S/C23H30N2O4S/c1-5-22(19-11-9-16(2)10-12-19)24-23(26)20-7-6-8-21(13-20)30(27,28)25-14-17(3)29-18(4)15-25/h6-13,17-18,22H,5,14-15H2,1-4H3,(H,24,26). The first-order valence-corrected chi connectivity index (χ1v) is 11.8. The molecule has 3 atom stereocenters. The fourth-order valence-electron chi connectivity index (χ4n) is 3.74. The van der Waals surface area contributed by atoms with Crippen LogP contribution in [-0.4, -0.2) is 43.9 Å². The Morgan fingerprint density at radius 1 is 1.13 bits per heavy atom. The fourth-order valence-corrected chi connectivity index (χ4v) is 5.37. The largest absolute Gasteiger partial charge is 0.373 e. The van der Waals surface area contributed by atoms with Crippen molar-refractivity contribution >= 4 is 15.9 Å². The first-order chi connectivity index (χ1) is 14.2. The molecule has 30 heavy (non-hydrogen) atoms. The van der Waals surface area contributed by atoms with Crippen molar-refractivity contribution in [1.29, 1.82) is 0 Å². The van der Waals surface area contributed by atoms with Gasteiger partial charge in [-0.3, -0.25) is 4.79 Å². The van der Waals surface area contributed by atoms with Crippen LogP contribution in [0.15, 0.2) is 53.4 Å². The maximum absolute atomic E-state index is 13.1. The summed E-state index contributed by atoms with van der Waals surface area (Å²) in [6.45, 7) is 8.34.